The normalized spacial score (nSPS) is 11.4. The largest absolute Gasteiger partial charge is 0.268 e. The number of aromatic nitrogens is 3. The maximum Gasteiger partial charge on any atom is 0.233 e. The first kappa shape index (κ1) is 13.5. The van der Waals surface area contributed by atoms with E-state index in [4.69, 9.17) is 0 Å². The minimum atomic E-state index is -3.30. The van der Waals surface area contributed by atoms with Gasteiger partial charge in [0, 0.05) is 18.5 Å². The van der Waals surface area contributed by atoms with Crippen molar-refractivity contribution in [1.29, 1.82) is 0 Å². The fourth-order valence-corrected chi connectivity index (χ4v) is 2.82. The van der Waals surface area contributed by atoms with Gasteiger partial charge in [-0.05, 0) is 18.1 Å². The van der Waals surface area contributed by atoms with Crippen LogP contribution in [-0.2, 0) is 16.6 Å². The molecule has 2 heterocycles. The molecular formula is C12H16N4O2S. The zero-order valence-corrected chi connectivity index (χ0v) is 11.5. The third-order valence-corrected chi connectivity index (χ3v) is 3.97. The van der Waals surface area contributed by atoms with Crippen LogP contribution in [0.3, 0.4) is 0 Å². The summed E-state index contributed by atoms with van der Waals surface area (Å²) in [5.74, 6) is 0.572. The van der Waals surface area contributed by atoms with Crippen molar-refractivity contribution >= 4 is 15.8 Å². The number of pyridine rings is 1. The Hall–Kier alpha value is -1.89. The number of nitrogens with zero attached hydrogens (tertiary/aromatic N) is 3. The minimum Gasteiger partial charge on any atom is -0.268 e. The van der Waals surface area contributed by atoms with E-state index in [1.807, 2.05) is 19.1 Å². The Morgan fingerprint density at radius 1 is 1.32 bits per heavy atom. The molecule has 0 unspecified atom stereocenters. The van der Waals surface area contributed by atoms with Crippen LogP contribution in [0.5, 0.6) is 0 Å². The Balaban J connectivity index is 2.14. The van der Waals surface area contributed by atoms with E-state index in [-0.39, 0.29) is 5.75 Å². The van der Waals surface area contributed by atoms with Crippen LogP contribution in [-0.4, -0.2) is 28.9 Å². The predicted molar refractivity (Wildman–Crippen MR) is 73.3 cm³/mol. The average Bonchev–Trinajstić information content (AvgIpc) is 2.77. The first-order valence-electron chi connectivity index (χ1n) is 6.02. The highest BCUT2D eigenvalue weighted by molar-refractivity contribution is 7.92. The Labute approximate surface area is 112 Å². The second-order valence-corrected chi connectivity index (χ2v) is 6.00. The van der Waals surface area contributed by atoms with E-state index in [1.54, 1.807) is 29.3 Å². The standard InChI is InChI=1S/C12H16N4O2S/c1-2-8-19(17,18)15-12-5-7-14-16(12)10-11-4-3-6-13-9-11/h3-7,9,15H,2,8,10H2,1H3. The minimum absolute atomic E-state index is 0.102. The first-order valence-corrected chi connectivity index (χ1v) is 7.67. The van der Waals surface area contributed by atoms with Crippen LogP contribution in [0.2, 0.25) is 0 Å². The molecule has 0 aromatic carbocycles. The second kappa shape index (κ2) is 5.83. The fourth-order valence-electron chi connectivity index (χ4n) is 1.69. The molecular weight excluding hydrogens is 264 g/mol. The summed E-state index contributed by atoms with van der Waals surface area (Å²) < 4.78 is 27.6. The molecule has 0 saturated heterocycles. The molecule has 6 nitrogen and oxygen atoms in total. The molecule has 2 rings (SSSR count). The lowest BCUT2D eigenvalue weighted by Crippen LogP contribution is -2.19. The van der Waals surface area contributed by atoms with Crippen LogP contribution in [0.4, 0.5) is 5.82 Å². The highest BCUT2D eigenvalue weighted by Crippen LogP contribution is 2.11. The molecule has 2 aromatic rings. The van der Waals surface area contributed by atoms with E-state index in [2.05, 4.69) is 14.8 Å². The summed E-state index contributed by atoms with van der Waals surface area (Å²) in [6.07, 6.45) is 5.57. The van der Waals surface area contributed by atoms with Gasteiger partial charge in [-0.25, -0.2) is 13.1 Å². The van der Waals surface area contributed by atoms with E-state index in [0.29, 0.717) is 18.8 Å². The van der Waals surface area contributed by atoms with Crippen LogP contribution in [0.25, 0.3) is 0 Å². The van der Waals surface area contributed by atoms with Crippen molar-refractivity contribution in [1.82, 2.24) is 14.8 Å². The highest BCUT2D eigenvalue weighted by atomic mass is 32.2. The fraction of sp³-hybridized carbons (Fsp3) is 0.333. The van der Waals surface area contributed by atoms with Crippen molar-refractivity contribution in [2.45, 2.75) is 19.9 Å². The molecule has 2 aromatic heterocycles. The monoisotopic (exact) mass is 280 g/mol. The van der Waals surface area contributed by atoms with Crippen molar-refractivity contribution in [3.63, 3.8) is 0 Å². The molecule has 0 aliphatic carbocycles. The molecule has 7 heteroatoms. The van der Waals surface area contributed by atoms with Gasteiger partial charge in [0.1, 0.15) is 5.82 Å². The van der Waals surface area contributed by atoms with E-state index < -0.39 is 10.0 Å². The molecule has 0 amide bonds. The van der Waals surface area contributed by atoms with Gasteiger partial charge in [-0.1, -0.05) is 13.0 Å². The Morgan fingerprint density at radius 2 is 2.16 bits per heavy atom. The van der Waals surface area contributed by atoms with Gasteiger partial charge in [0.2, 0.25) is 10.0 Å². The third-order valence-electron chi connectivity index (χ3n) is 2.50. The van der Waals surface area contributed by atoms with Crippen LogP contribution >= 0.6 is 0 Å². The van der Waals surface area contributed by atoms with Crippen molar-refractivity contribution < 1.29 is 8.42 Å². The van der Waals surface area contributed by atoms with Crippen molar-refractivity contribution in [3.8, 4) is 0 Å². The lowest BCUT2D eigenvalue weighted by molar-refractivity contribution is 0.598. The Kier molecular flexibility index (Phi) is 4.16. The van der Waals surface area contributed by atoms with Crippen molar-refractivity contribution in [2.24, 2.45) is 0 Å². The molecule has 0 bridgehead atoms. The molecule has 19 heavy (non-hydrogen) atoms. The molecule has 1 N–H and O–H groups in total. The van der Waals surface area contributed by atoms with E-state index in [0.717, 1.165) is 5.56 Å². The van der Waals surface area contributed by atoms with Gasteiger partial charge in [-0.2, -0.15) is 5.10 Å². The third kappa shape index (κ3) is 3.78. The molecule has 0 aliphatic heterocycles. The quantitative estimate of drug-likeness (QED) is 0.869. The number of rotatable bonds is 6. The van der Waals surface area contributed by atoms with Crippen LogP contribution in [0, 0.1) is 0 Å². The van der Waals surface area contributed by atoms with Gasteiger partial charge in [0.25, 0.3) is 0 Å². The topological polar surface area (TPSA) is 76.9 Å². The Morgan fingerprint density at radius 3 is 2.84 bits per heavy atom. The maximum absolute atomic E-state index is 11.7. The summed E-state index contributed by atoms with van der Waals surface area (Å²) in [4.78, 5) is 4.02. The maximum atomic E-state index is 11.7. The smallest absolute Gasteiger partial charge is 0.233 e. The molecule has 0 fully saturated rings. The number of hydrogen-bond donors (Lipinski definition) is 1. The van der Waals surface area contributed by atoms with Gasteiger partial charge in [-0.3, -0.25) is 9.71 Å². The van der Waals surface area contributed by atoms with Gasteiger partial charge in [0.15, 0.2) is 0 Å². The molecule has 0 saturated carbocycles. The average molecular weight is 280 g/mol. The van der Waals surface area contributed by atoms with Crippen molar-refractivity contribution in [3.05, 3.63) is 42.4 Å². The lowest BCUT2D eigenvalue weighted by atomic mass is 10.3. The van der Waals surface area contributed by atoms with E-state index in [1.165, 1.54) is 0 Å². The zero-order valence-electron chi connectivity index (χ0n) is 10.7. The summed E-state index contributed by atoms with van der Waals surface area (Å²) in [5.41, 5.74) is 0.960. The molecule has 0 aliphatic rings. The summed E-state index contributed by atoms with van der Waals surface area (Å²) >= 11 is 0. The van der Waals surface area contributed by atoms with Crippen LogP contribution in [0.1, 0.15) is 18.9 Å². The molecule has 0 spiro atoms. The van der Waals surface area contributed by atoms with Crippen LogP contribution < -0.4 is 4.72 Å². The number of anilines is 1. The number of nitrogens with one attached hydrogen (secondary N) is 1. The molecule has 0 radical (unpaired) electrons. The van der Waals surface area contributed by atoms with Gasteiger partial charge in [0.05, 0.1) is 18.5 Å². The van der Waals surface area contributed by atoms with Crippen LogP contribution in [0.15, 0.2) is 36.8 Å². The zero-order chi connectivity index (χ0) is 13.7. The first-order chi connectivity index (χ1) is 9.11. The molecule has 102 valence electrons. The second-order valence-electron chi connectivity index (χ2n) is 4.16. The number of hydrogen-bond acceptors (Lipinski definition) is 4. The van der Waals surface area contributed by atoms with Crippen molar-refractivity contribution in [2.75, 3.05) is 10.5 Å². The summed E-state index contributed by atoms with van der Waals surface area (Å²) in [5, 5.41) is 4.12. The summed E-state index contributed by atoms with van der Waals surface area (Å²) in [6.45, 7) is 2.30. The Bertz CT molecular complexity index is 622. The lowest BCUT2D eigenvalue weighted by Gasteiger charge is -2.09. The number of sulfonamides is 1. The highest BCUT2D eigenvalue weighted by Gasteiger charge is 2.12. The van der Waals surface area contributed by atoms with Gasteiger partial charge >= 0.3 is 0 Å². The predicted octanol–water partition coefficient (Wildman–Crippen LogP) is 1.48. The summed E-state index contributed by atoms with van der Waals surface area (Å²) in [7, 11) is -3.30. The molecule has 0 atom stereocenters. The SMILES string of the molecule is CCCS(=O)(=O)Nc1ccnn1Cc1cccnc1. The van der Waals surface area contributed by atoms with Gasteiger partial charge < -0.3 is 0 Å². The van der Waals surface area contributed by atoms with E-state index >= 15 is 0 Å². The van der Waals surface area contributed by atoms with E-state index in [9.17, 15) is 8.42 Å². The van der Waals surface area contributed by atoms with Gasteiger partial charge in [-0.15, -0.1) is 0 Å². The summed E-state index contributed by atoms with van der Waals surface area (Å²) in [6, 6.07) is 5.39.